The monoisotopic (exact) mass is 553 g/mol. The minimum atomic E-state index is -1.94. The molecule has 3 aliphatic rings. The van der Waals surface area contributed by atoms with Gasteiger partial charge in [0.1, 0.15) is 24.1 Å². The molecule has 0 unspecified atom stereocenters. The van der Waals surface area contributed by atoms with Crippen LogP contribution in [-0.4, -0.2) is 78.8 Å². The van der Waals surface area contributed by atoms with E-state index in [1.165, 1.54) is 6.20 Å². The summed E-state index contributed by atoms with van der Waals surface area (Å²) < 4.78 is 42.1. The lowest BCUT2D eigenvalue weighted by Gasteiger charge is -2.38. The van der Waals surface area contributed by atoms with E-state index in [0.29, 0.717) is 30.8 Å². The number of hydrogen-bond acceptors (Lipinski definition) is 7. The summed E-state index contributed by atoms with van der Waals surface area (Å²) >= 11 is 6.03. The Morgan fingerprint density at radius 3 is 2.76 bits per heavy atom. The van der Waals surface area contributed by atoms with Gasteiger partial charge in [0.25, 0.3) is 0 Å². The van der Waals surface area contributed by atoms with Crippen LogP contribution in [0.5, 0.6) is 6.01 Å². The average Bonchev–Trinajstić information content (AvgIpc) is 3.52. The standard InChI is InChI=1S/C26H38ClF2N5O2Si/c1-25(2,3)37(4,5)36-15-18-8-6-11-34(18)23-19-13-30-22(27)20(29)21(19)31-24(32-23)35-16-26-9-7-10-33(26)14-17(28)12-26/h13,17-18H,6-12,14-16H2,1-5H3/t17-,18+,26+/m1/s1. The highest BCUT2D eigenvalue weighted by molar-refractivity contribution is 6.74. The number of alkyl halides is 1. The van der Waals surface area contributed by atoms with Gasteiger partial charge >= 0.3 is 6.01 Å². The van der Waals surface area contributed by atoms with Crippen LogP contribution in [-0.2, 0) is 4.43 Å². The van der Waals surface area contributed by atoms with Gasteiger partial charge in [-0.2, -0.15) is 9.97 Å². The van der Waals surface area contributed by atoms with Crippen LogP contribution < -0.4 is 9.64 Å². The first-order valence-electron chi connectivity index (χ1n) is 13.3. The van der Waals surface area contributed by atoms with Crippen LogP contribution in [0.2, 0.25) is 23.3 Å². The fourth-order valence-corrected chi connectivity index (χ4v) is 6.92. The molecule has 0 radical (unpaired) electrons. The Morgan fingerprint density at radius 2 is 2.00 bits per heavy atom. The number of nitrogens with zero attached hydrogens (tertiary/aromatic N) is 5. The third-order valence-electron chi connectivity index (χ3n) is 8.92. The molecule has 11 heteroatoms. The van der Waals surface area contributed by atoms with Gasteiger partial charge in [0.15, 0.2) is 19.3 Å². The first-order valence-corrected chi connectivity index (χ1v) is 16.6. The van der Waals surface area contributed by atoms with Crippen LogP contribution in [0.1, 0.15) is 52.9 Å². The summed E-state index contributed by atoms with van der Waals surface area (Å²) in [6, 6.07) is 0.188. The zero-order chi connectivity index (χ0) is 26.6. The Hall–Kier alpha value is -1.62. The van der Waals surface area contributed by atoms with Crippen LogP contribution in [0.25, 0.3) is 10.9 Å². The molecule has 2 aromatic rings. The molecule has 204 valence electrons. The Kier molecular flexibility index (Phi) is 7.17. The summed E-state index contributed by atoms with van der Waals surface area (Å²) in [6.45, 7) is 14.1. The smallest absolute Gasteiger partial charge is 0.319 e. The molecule has 0 aromatic carbocycles. The normalized spacial score (nSPS) is 26.9. The number of fused-ring (bicyclic) bond motifs is 2. The maximum atomic E-state index is 15.1. The van der Waals surface area contributed by atoms with E-state index in [-0.39, 0.29) is 39.9 Å². The van der Waals surface area contributed by atoms with E-state index >= 15 is 4.39 Å². The predicted octanol–water partition coefficient (Wildman–Crippen LogP) is 5.76. The van der Waals surface area contributed by atoms with Gasteiger partial charge < -0.3 is 14.1 Å². The minimum Gasteiger partial charge on any atom is -0.461 e. The Morgan fingerprint density at radius 1 is 1.22 bits per heavy atom. The van der Waals surface area contributed by atoms with Crippen molar-refractivity contribution in [1.82, 2.24) is 19.9 Å². The molecule has 5 heterocycles. The van der Waals surface area contributed by atoms with Gasteiger partial charge in [-0.25, -0.2) is 13.8 Å². The second kappa shape index (κ2) is 9.84. The lowest BCUT2D eigenvalue weighted by atomic mass is 9.95. The average molecular weight is 554 g/mol. The van der Waals surface area contributed by atoms with Crippen molar-refractivity contribution in [2.75, 3.05) is 37.7 Å². The van der Waals surface area contributed by atoms with E-state index < -0.39 is 20.3 Å². The molecule has 37 heavy (non-hydrogen) atoms. The molecule has 0 N–H and O–H groups in total. The molecule has 3 fully saturated rings. The number of aromatic nitrogens is 3. The van der Waals surface area contributed by atoms with Crippen molar-refractivity contribution >= 4 is 36.6 Å². The number of halogens is 3. The zero-order valence-corrected chi connectivity index (χ0v) is 24.2. The number of anilines is 1. The van der Waals surface area contributed by atoms with Crippen LogP contribution in [0, 0.1) is 5.82 Å². The molecule has 0 saturated carbocycles. The SMILES string of the molecule is CC(C)(C)[Si](C)(C)OC[C@@H]1CCCN1c1nc(OC[C@@]23CCCN2C[C@H](F)C3)nc2c(F)c(Cl)ncc12. The van der Waals surface area contributed by atoms with Gasteiger partial charge in [-0.3, -0.25) is 4.90 Å². The van der Waals surface area contributed by atoms with Crippen molar-refractivity contribution in [3.63, 3.8) is 0 Å². The second-order valence-electron chi connectivity index (χ2n) is 12.4. The van der Waals surface area contributed by atoms with Gasteiger partial charge in [0.2, 0.25) is 0 Å². The fourth-order valence-electron chi connectivity index (χ4n) is 5.74. The molecular weight excluding hydrogens is 516 g/mol. The lowest BCUT2D eigenvalue weighted by molar-refractivity contribution is 0.107. The Balaban J connectivity index is 1.45. The summed E-state index contributed by atoms with van der Waals surface area (Å²) in [5.74, 6) is -0.105. The van der Waals surface area contributed by atoms with E-state index in [2.05, 4.69) is 53.6 Å². The number of rotatable bonds is 7. The number of ether oxygens (including phenoxy) is 1. The van der Waals surface area contributed by atoms with Crippen molar-refractivity contribution in [3.05, 3.63) is 17.2 Å². The van der Waals surface area contributed by atoms with Crippen LogP contribution in [0.15, 0.2) is 6.20 Å². The van der Waals surface area contributed by atoms with Crippen LogP contribution >= 0.6 is 11.6 Å². The van der Waals surface area contributed by atoms with Crippen molar-refractivity contribution in [2.24, 2.45) is 0 Å². The summed E-state index contributed by atoms with van der Waals surface area (Å²) in [7, 11) is -1.94. The summed E-state index contributed by atoms with van der Waals surface area (Å²) in [5, 5.41) is 0.368. The van der Waals surface area contributed by atoms with E-state index in [0.717, 1.165) is 38.8 Å². The quantitative estimate of drug-likeness (QED) is 0.319. The van der Waals surface area contributed by atoms with Crippen molar-refractivity contribution < 1.29 is 17.9 Å². The topological polar surface area (TPSA) is 63.6 Å². The minimum absolute atomic E-state index is 0.0863. The molecule has 0 spiro atoms. The van der Waals surface area contributed by atoms with E-state index in [1.807, 2.05) is 0 Å². The van der Waals surface area contributed by atoms with Gasteiger partial charge in [-0.15, -0.1) is 0 Å². The van der Waals surface area contributed by atoms with Crippen molar-refractivity contribution in [1.29, 1.82) is 0 Å². The molecule has 0 amide bonds. The second-order valence-corrected chi connectivity index (χ2v) is 17.5. The molecule has 3 aliphatic heterocycles. The molecule has 5 rings (SSSR count). The van der Waals surface area contributed by atoms with Gasteiger partial charge in [0, 0.05) is 25.7 Å². The van der Waals surface area contributed by atoms with Crippen LogP contribution in [0.3, 0.4) is 0 Å². The molecule has 0 aliphatic carbocycles. The summed E-state index contributed by atoms with van der Waals surface area (Å²) in [6.07, 6.45) is 4.94. The summed E-state index contributed by atoms with van der Waals surface area (Å²) in [5.41, 5.74) is -0.258. The highest BCUT2D eigenvalue weighted by Crippen LogP contribution is 2.41. The Bertz CT molecular complexity index is 1170. The highest BCUT2D eigenvalue weighted by atomic mass is 35.5. The maximum absolute atomic E-state index is 15.1. The largest absolute Gasteiger partial charge is 0.461 e. The molecule has 7 nitrogen and oxygen atoms in total. The van der Waals surface area contributed by atoms with Crippen molar-refractivity contribution in [3.8, 4) is 6.01 Å². The van der Waals surface area contributed by atoms with E-state index in [9.17, 15) is 4.39 Å². The maximum Gasteiger partial charge on any atom is 0.319 e. The summed E-state index contributed by atoms with van der Waals surface area (Å²) in [4.78, 5) is 17.6. The number of pyridine rings is 1. The first kappa shape index (κ1) is 27.0. The molecule has 2 aromatic heterocycles. The highest BCUT2D eigenvalue weighted by Gasteiger charge is 2.49. The molecule has 0 bridgehead atoms. The van der Waals surface area contributed by atoms with Crippen molar-refractivity contribution in [2.45, 2.75) is 88.8 Å². The third kappa shape index (κ3) is 5.06. The predicted molar refractivity (Wildman–Crippen MR) is 144 cm³/mol. The van der Waals surface area contributed by atoms with Crippen LogP contribution in [0.4, 0.5) is 14.6 Å². The third-order valence-corrected chi connectivity index (χ3v) is 13.7. The fraction of sp³-hybridized carbons (Fsp3) is 0.731. The lowest BCUT2D eigenvalue weighted by Crippen LogP contribution is -2.45. The van der Waals surface area contributed by atoms with E-state index in [1.54, 1.807) is 0 Å². The zero-order valence-electron chi connectivity index (χ0n) is 22.5. The molecule has 3 atom stereocenters. The van der Waals surface area contributed by atoms with Gasteiger partial charge in [-0.05, 0) is 50.4 Å². The van der Waals surface area contributed by atoms with Gasteiger partial charge in [-0.1, -0.05) is 32.4 Å². The van der Waals surface area contributed by atoms with E-state index in [4.69, 9.17) is 25.7 Å². The van der Waals surface area contributed by atoms with Gasteiger partial charge in [0.05, 0.1) is 23.6 Å². The number of hydrogen-bond donors (Lipinski definition) is 0. The molecule has 3 saturated heterocycles. The molecular formula is C26H38ClF2N5O2Si. The first-order chi connectivity index (χ1) is 17.4. The Labute approximate surface area is 224 Å².